The minimum Gasteiger partial charge on any atom is -0.369 e. The number of nitrogens with zero attached hydrogens (tertiary/aromatic N) is 1. The molecular formula is C16H24FN3O. The van der Waals surface area contributed by atoms with Crippen molar-refractivity contribution < 1.29 is 9.18 Å². The predicted molar refractivity (Wildman–Crippen MR) is 80.9 cm³/mol. The van der Waals surface area contributed by atoms with Crippen molar-refractivity contribution in [2.75, 3.05) is 6.54 Å². The molecule has 116 valence electrons. The van der Waals surface area contributed by atoms with E-state index in [4.69, 9.17) is 11.5 Å². The Bertz CT molecular complexity index is 506. The van der Waals surface area contributed by atoms with E-state index in [9.17, 15) is 9.18 Å². The molecule has 1 heterocycles. The molecule has 1 aromatic rings. The van der Waals surface area contributed by atoms with Gasteiger partial charge in [-0.25, -0.2) is 4.39 Å². The van der Waals surface area contributed by atoms with Gasteiger partial charge in [-0.2, -0.15) is 0 Å². The fourth-order valence-corrected chi connectivity index (χ4v) is 3.24. The van der Waals surface area contributed by atoms with Crippen LogP contribution < -0.4 is 11.5 Å². The van der Waals surface area contributed by atoms with Crippen molar-refractivity contribution in [3.63, 3.8) is 0 Å². The fraction of sp³-hybridized carbons (Fsp3) is 0.562. The third-order valence-electron chi connectivity index (χ3n) is 4.38. The third kappa shape index (κ3) is 3.60. The Labute approximate surface area is 125 Å². The number of primary amides is 1. The van der Waals surface area contributed by atoms with Crippen LogP contribution in [0.15, 0.2) is 24.3 Å². The number of hydrogen-bond donors (Lipinski definition) is 2. The van der Waals surface area contributed by atoms with E-state index in [2.05, 4.69) is 11.8 Å². The van der Waals surface area contributed by atoms with Gasteiger partial charge in [0.1, 0.15) is 5.82 Å². The molecule has 5 heteroatoms. The van der Waals surface area contributed by atoms with E-state index in [1.165, 1.54) is 12.1 Å². The maximum absolute atomic E-state index is 13.5. The van der Waals surface area contributed by atoms with E-state index in [-0.39, 0.29) is 29.7 Å². The lowest BCUT2D eigenvalue weighted by molar-refractivity contribution is -0.124. The summed E-state index contributed by atoms with van der Waals surface area (Å²) in [7, 11) is 0. The lowest BCUT2D eigenvalue weighted by Gasteiger charge is -2.43. The minimum atomic E-state index is -0.269. The summed E-state index contributed by atoms with van der Waals surface area (Å²) >= 11 is 0. The molecule has 1 amide bonds. The molecule has 21 heavy (non-hydrogen) atoms. The number of hydrogen-bond acceptors (Lipinski definition) is 3. The summed E-state index contributed by atoms with van der Waals surface area (Å²) in [5.41, 5.74) is 12.5. The first-order valence-corrected chi connectivity index (χ1v) is 7.46. The highest BCUT2D eigenvalue weighted by molar-refractivity contribution is 5.77. The Morgan fingerprint density at radius 2 is 2.14 bits per heavy atom. The largest absolute Gasteiger partial charge is 0.369 e. The Hall–Kier alpha value is -1.46. The second-order valence-corrected chi connectivity index (χ2v) is 6.08. The lowest BCUT2D eigenvalue weighted by atomic mass is 9.88. The summed E-state index contributed by atoms with van der Waals surface area (Å²) in [6.07, 6.45) is 1.70. The van der Waals surface area contributed by atoms with Crippen LogP contribution in [0.4, 0.5) is 4.39 Å². The summed E-state index contributed by atoms with van der Waals surface area (Å²) in [6, 6.07) is 6.54. The van der Waals surface area contributed by atoms with E-state index in [1.807, 2.05) is 13.0 Å². The summed E-state index contributed by atoms with van der Waals surface area (Å²) in [4.78, 5) is 13.7. The first-order chi connectivity index (χ1) is 9.90. The van der Waals surface area contributed by atoms with Crippen LogP contribution in [0.5, 0.6) is 0 Å². The summed E-state index contributed by atoms with van der Waals surface area (Å²) in [6.45, 7) is 4.61. The van der Waals surface area contributed by atoms with Crippen LogP contribution in [0.2, 0.25) is 0 Å². The minimum absolute atomic E-state index is 0.113. The molecule has 0 saturated carbocycles. The number of carbonyl (C=O) groups is 1. The average molecular weight is 293 g/mol. The zero-order valence-electron chi connectivity index (χ0n) is 12.6. The van der Waals surface area contributed by atoms with Gasteiger partial charge in [0.25, 0.3) is 0 Å². The van der Waals surface area contributed by atoms with Crippen molar-refractivity contribution in [3.8, 4) is 0 Å². The molecule has 1 aliphatic heterocycles. The normalized spacial score (nSPS) is 26.3. The first kappa shape index (κ1) is 15.9. The second-order valence-electron chi connectivity index (χ2n) is 6.08. The van der Waals surface area contributed by atoms with Crippen LogP contribution in [0.1, 0.15) is 38.3 Å². The van der Waals surface area contributed by atoms with Crippen molar-refractivity contribution in [1.82, 2.24) is 4.90 Å². The van der Waals surface area contributed by atoms with Crippen LogP contribution >= 0.6 is 0 Å². The highest BCUT2D eigenvalue weighted by Gasteiger charge is 2.35. The molecule has 0 bridgehead atoms. The summed E-state index contributed by atoms with van der Waals surface area (Å²) < 4.78 is 13.5. The van der Waals surface area contributed by atoms with E-state index in [0.717, 1.165) is 18.4 Å². The summed E-state index contributed by atoms with van der Waals surface area (Å²) in [5.74, 6) is -0.695. The van der Waals surface area contributed by atoms with Crippen molar-refractivity contribution in [2.24, 2.45) is 17.4 Å². The van der Waals surface area contributed by atoms with E-state index in [1.54, 1.807) is 6.07 Å². The molecular weight excluding hydrogens is 269 g/mol. The van der Waals surface area contributed by atoms with Gasteiger partial charge >= 0.3 is 0 Å². The molecule has 1 aromatic carbocycles. The van der Waals surface area contributed by atoms with Crippen LogP contribution in [-0.2, 0) is 4.79 Å². The first-order valence-electron chi connectivity index (χ1n) is 7.46. The predicted octanol–water partition coefficient (Wildman–Crippen LogP) is 1.80. The van der Waals surface area contributed by atoms with Gasteiger partial charge in [0.15, 0.2) is 0 Å². The summed E-state index contributed by atoms with van der Waals surface area (Å²) in [5, 5.41) is 0. The number of carbonyl (C=O) groups excluding carboxylic acids is 1. The number of likely N-dealkylation sites (tertiary alicyclic amines) is 1. The van der Waals surface area contributed by atoms with Crippen molar-refractivity contribution in [1.29, 1.82) is 0 Å². The monoisotopic (exact) mass is 293 g/mol. The Balaban J connectivity index is 2.30. The Morgan fingerprint density at radius 3 is 2.71 bits per heavy atom. The van der Waals surface area contributed by atoms with Gasteiger partial charge in [0.05, 0.1) is 12.0 Å². The van der Waals surface area contributed by atoms with Crippen LogP contribution in [0.25, 0.3) is 0 Å². The van der Waals surface area contributed by atoms with E-state index >= 15 is 0 Å². The number of amides is 1. The van der Waals surface area contributed by atoms with Crippen molar-refractivity contribution in [2.45, 2.75) is 44.8 Å². The standard InChI is InChI=1S/C16H24FN3O/c1-10-6-7-13(16(19)21)9-20(10)15(11(2)18)12-4-3-5-14(17)8-12/h3-5,8,10-11,13,15H,6-7,9,18H2,1-2H3,(H2,19,21). The van der Waals surface area contributed by atoms with Gasteiger partial charge in [0, 0.05) is 18.6 Å². The van der Waals surface area contributed by atoms with Gasteiger partial charge in [-0.15, -0.1) is 0 Å². The number of rotatable bonds is 4. The zero-order valence-corrected chi connectivity index (χ0v) is 12.6. The second kappa shape index (κ2) is 6.54. The van der Waals surface area contributed by atoms with Crippen LogP contribution in [0, 0.1) is 11.7 Å². The highest BCUT2D eigenvalue weighted by atomic mass is 19.1. The molecule has 4 unspecified atom stereocenters. The Kier molecular flexibility index (Phi) is 4.96. The van der Waals surface area contributed by atoms with Gasteiger partial charge in [-0.1, -0.05) is 12.1 Å². The van der Waals surface area contributed by atoms with Crippen LogP contribution in [0.3, 0.4) is 0 Å². The molecule has 0 radical (unpaired) electrons. The SMILES string of the molecule is CC(N)C(c1cccc(F)c1)N1CC(C(N)=O)CCC1C. The maximum atomic E-state index is 13.5. The molecule has 4 N–H and O–H groups in total. The molecule has 1 aliphatic rings. The lowest BCUT2D eigenvalue weighted by Crippen LogP contribution is -2.51. The van der Waals surface area contributed by atoms with Gasteiger partial charge in [0.2, 0.25) is 5.91 Å². The smallest absolute Gasteiger partial charge is 0.221 e. The van der Waals surface area contributed by atoms with Gasteiger partial charge in [-0.3, -0.25) is 9.69 Å². The van der Waals surface area contributed by atoms with Gasteiger partial charge in [-0.05, 0) is 44.4 Å². The molecule has 0 spiro atoms. The molecule has 2 rings (SSSR count). The molecule has 1 saturated heterocycles. The molecule has 0 aliphatic carbocycles. The van der Waals surface area contributed by atoms with Gasteiger partial charge < -0.3 is 11.5 Å². The third-order valence-corrected chi connectivity index (χ3v) is 4.38. The van der Waals surface area contributed by atoms with Crippen molar-refractivity contribution >= 4 is 5.91 Å². The number of nitrogens with two attached hydrogens (primary N) is 2. The van der Waals surface area contributed by atoms with E-state index in [0.29, 0.717) is 12.6 Å². The molecule has 1 fully saturated rings. The Morgan fingerprint density at radius 1 is 1.43 bits per heavy atom. The van der Waals surface area contributed by atoms with Crippen LogP contribution in [-0.4, -0.2) is 29.4 Å². The number of benzene rings is 1. The quantitative estimate of drug-likeness (QED) is 0.889. The molecule has 4 atom stereocenters. The van der Waals surface area contributed by atoms with E-state index < -0.39 is 0 Å². The topological polar surface area (TPSA) is 72.3 Å². The highest BCUT2D eigenvalue weighted by Crippen LogP contribution is 2.32. The average Bonchev–Trinajstić information content (AvgIpc) is 2.40. The molecule has 4 nitrogen and oxygen atoms in total. The number of halogens is 1. The maximum Gasteiger partial charge on any atom is 0.221 e. The zero-order chi connectivity index (χ0) is 15.6. The van der Waals surface area contributed by atoms with Crippen molar-refractivity contribution in [3.05, 3.63) is 35.6 Å². The molecule has 0 aromatic heterocycles. The number of piperidine rings is 1. The fourth-order valence-electron chi connectivity index (χ4n) is 3.24.